The average molecular weight is 282 g/mol. The third-order valence-corrected chi connectivity index (χ3v) is 3.93. The van der Waals surface area contributed by atoms with Gasteiger partial charge in [0.05, 0.1) is 4.83 Å². The summed E-state index contributed by atoms with van der Waals surface area (Å²) in [6.07, 6.45) is 1.88. The molecule has 4 heteroatoms. The fourth-order valence-corrected chi connectivity index (χ4v) is 1.94. The van der Waals surface area contributed by atoms with Crippen LogP contribution in [-0.4, -0.2) is 28.3 Å². The van der Waals surface area contributed by atoms with Crippen LogP contribution in [0.2, 0.25) is 0 Å². The summed E-state index contributed by atoms with van der Waals surface area (Å²) in [4.78, 5) is 11.4. The highest BCUT2D eigenvalue weighted by Gasteiger charge is 2.14. The second-order valence-corrected chi connectivity index (χ2v) is 5.77. The summed E-state index contributed by atoms with van der Waals surface area (Å²) in [5.41, 5.74) is 0. The fourth-order valence-electron chi connectivity index (χ4n) is 0.995. The maximum Gasteiger partial charge on any atom is 0.233 e. The third kappa shape index (κ3) is 6.71. The second-order valence-electron chi connectivity index (χ2n) is 3.27. The summed E-state index contributed by atoms with van der Waals surface area (Å²) >= 11 is 5.25. The molecule has 84 valence electrons. The molecule has 0 aromatic carbocycles. The Morgan fingerprint density at radius 1 is 1.50 bits per heavy atom. The zero-order chi connectivity index (χ0) is 11.0. The molecule has 0 saturated heterocycles. The molecule has 0 aromatic heterocycles. The molecule has 0 radical (unpaired) electrons. The monoisotopic (exact) mass is 281 g/mol. The average Bonchev–Trinajstić information content (AvgIpc) is 2.16. The van der Waals surface area contributed by atoms with E-state index in [1.54, 1.807) is 0 Å². The number of thioether (sulfide) groups is 1. The molecule has 0 aliphatic heterocycles. The van der Waals surface area contributed by atoms with Gasteiger partial charge in [-0.15, -0.1) is 0 Å². The minimum Gasteiger partial charge on any atom is -0.353 e. The van der Waals surface area contributed by atoms with E-state index < -0.39 is 0 Å². The molecular weight excluding hydrogens is 262 g/mol. The van der Waals surface area contributed by atoms with Crippen LogP contribution in [0.25, 0.3) is 0 Å². The number of halogens is 1. The van der Waals surface area contributed by atoms with E-state index in [4.69, 9.17) is 0 Å². The van der Waals surface area contributed by atoms with E-state index in [0.29, 0.717) is 0 Å². The molecule has 14 heavy (non-hydrogen) atoms. The Hall–Kier alpha value is 0.300. The van der Waals surface area contributed by atoms with Gasteiger partial charge in [0, 0.05) is 6.04 Å². The quantitative estimate of drug-likeness (QED) is 0.574. The molecule has 0 rings (SSSR count). The molecule has 2 nitrogen and oxygen atoms in total. The third-order valence-electron chi connectivity index (χ3n) is 1.93. The summed E-state index contributed by atoms with van der Waals surface area (Å²) < 4.78 is 0. The molecule has 0 spiro atoms. The van der Waals surface area contributed by atoms with Crippen molar-refractivity contribution < 1.29 is 4.79 Å². The zero-order valence-corrected chi connectivity index (χ0v) is 11.6. The van der Waals surface area contributed by atoms with Crippen molar-refractivity contribution in [1.29, 1.82) is 0 Å². The zero-order valence-electron chi connectivity index (χ0n) is 9.18. The van der Waals surface area contributed by atoms with Gasteiger partial charge in [-0.25, -0.2) is 0 Å². The summed E-state index contributed by atoms with van der Waals surface area (Å²) in [6.45, 7) is 6.21. The van der Waals surface area contributed by atoms with E-state index in [2.05, 4.69) is 35.1 Å². The highest BCUT2D eigenvalue weighted by molar-refractivity contribution is 9.10. The number of carbonyl (C=O) groups is 1. The van der Waals surface area contributed by atoms with Crippen LogP contribution in [0.5, 0.6) is 0 Å². The number of hydrogen-bond donors (Lipinski definition) is 1. The van der Waals surface area contributed by atoms with E-state index >= 15 is 0 Å². The lowest BCUT2D eigenvalue weighted by Crippen LogP contribution is -2.37. The van der Waals surface area contributed by atoms with Crippen molar-refractivity contribution in [3.63, 3.8) is 0 Å². The van der Waals surface area contributed by atoms with Gasteiger partial charge in [0.1, 0.15) is 0 Å². The van der Waals surface area contributed by atoms with Crippen LogP contribution in [-0.2, 0) is 4.79 Å². The molecule has 0 aliphatic rings. The normalized spacial score (nSPS) is 14.9. The number of rotatable bonds is 7. The van der Waals surface area contributed by atoms with Crippen LogP contribution in [0, 0.1) is 0 Å². The van der Waals surface area contributed by atoms with Gasteiger partial charge in [0.25, 0.3) is 0 Å². The first-order valence-corrected chi connectivity index (χ1v) is 7.21. The number of alkyl halides is 1. The Labute approximate surface area is 99.7 Å². The van der Waals surface area contributed by atoms with E-state index in [9.17, 15) is 4.79 Å². The smallest absolute Gasteiger partial charge is 0.233 e. The Morgan fingerprint density at radius 2 is 2.14 bits per heavy atom. The van der Waals surface area contributed by atoms with Gasteiger partial charge in [-0.3, -0.25) is 4.79 Å². The summed E-state index contributed by atoms with van der Waals surface area (Å²) in [7, 11) is 0. The van der Waals surface area contributed by atoms with Gasteiger partial charge in [-0.1, -0.05) is 29.8 Å². The Bertz CT molecular complexity index is 166. The predicted octanol–water partition coefficient (Wildman–Crippen LogP) is 2.81. The van der Waals surface area contributed by atoms with Gasteiger partial charge in [0.15, 0.2) is 0 Å². The standard InChI is InChI=1S/C10H20BrNOS/c1-4-9(11)10(13)12-8(3)6-7-14-5-2/h8-9H,4-7H2,1-3H3,(H,12,13). The van der Waals surface area contributed by atoms with Gasteiger partial charge >= 0.3 is 0 Å². The molecule has 0 heterocycles. The van der Waals surface area contributed by atoms with E-state index in [0.717, 1.165) is 24.3 Å². The van der Waals surface area contributed by atoms with Crippen molar-refractivity contribution in [2.45, 2.75) is 44.5 Å². The van der Waals surface area contributed by atoms with Gasteiger partial charge in [-0.2, -0.15) is 11.8 Å². The van der Waals surface area contributed by atoms with Gasteiger partial charge in [0.2, 0.25) is 5.91 Å². The Morgan fingerprint density at radius 3 is 2.64 bits per heavy atom. The number of hydrogen-bond acceptors (Lipinski definition) is 2. The summed E-state index contributed by atoms with van der Waals surface area (Å²) in [5.74, 6) is 2.38. The number of carbonyl (C=O) groups excluding carboxylic acids is 1. The molecule has 2 atom stereocenters. The second kappa shape index (κ2) is 8.60. The topological polar surface area (TPSA) is 29.1 Å². The van der Waals surface area contributed by atoms with Crippen LogP contribution in [0.3, 0.4) is 0 Å². The first-order valence-electron chi connectivity index (χ1n) is 5.14. The highest BCUT2D eigenvalue weighted by Crippen LogP contribution is 2.07. The van der Waals surface area contributed by atoms with E-state index in [1.807, 2.05) is 18.7 Å². The first kappa shape index (κ1) is 14.3. The molecular formula is C10H20BrNOS. The Kier molecular flexibility index (Phi) is 8.78. The molecule has 0 aromatic rings. The first-order chi connectivity index (χ1) is 6.61. The van der Waals surface area contributed by atoms with Crippen molar-refractivity contribution in [1.82, 2.24) is 5.32 Å². The van der Waals surface area contributed by atoms with Crippen LogP contribution in [0.4, 0.5) is 0 Å². The molecule has 0 fully saturated rings. The van der Waals surface area contributed by atoms with Crippen LogP contribution >= 0.6 is 27.7 Å². The van der Waals surface area contributed by atoms with E-state index in [1.165, 1.54) is 0 Å². The molecule has 0 bridgehead atoms. The van der Waals surface area contributed by atoms with Crippen molar-refractivity contribution in [3.05, 3.63) is 0 Å². The molecule has 0 aliphatic carbocycles. The lowest BCUT2D eigenvalue weighted by molar-refractivity contribution is -0.121. The minimum absolute atomic E-state index is 0.0382. The van der Waals surface area contributed by atoms with E-state index in [-0.39, 0.29) is 16.8 Å². The predicted molar refractivity (Wildman–Crippen MR) is 68.2 cm³/mol. The number of nitrogens with one attached hydrogen (secondary N) is 1. The fraction of sp³-hybridized carbons (Fsp3) is 0.900. The summed E-state index contributed by atoms with van der Waals surface area (Å²) in [5, 5.41) is 2.99. The van der Waals surface area contributed by atoms with Crippen molar-refractivity contribution in [2.75, 3.05) is 11.5 Å². The van der Waals surface area contributed by atoms with Gasteiger partial charge < -0.3 is 5.32 Å². The van der Waals surface area contributed by atoms with Crippen LogP contribution < -0.4 is 5.32 Å². The molecule has 2 unspecified atom stereocenters. The SMILES string of the molecule is CCSCCC(C)NC(=O)C(Br)CC. The number of amides is 1. The maximum atomic E-state index is 11.5. The lowest BCUT2D eigenvalue weighted by Gasteiger charge is -2.15. The highest BCUT2D eigenvalue weighted by atomic mass is 79.9. The van der Waals surface area contributed by atoms with Crippen LogP contribution in [0.15, 0.2) is 0 Å². The molecule has 1 N–H and O–H groups in total. The molecule has 1 amide bonds. The van der Waals surface area contributed by atoms with Crippen LogP contribution in [0.1, 0.15) is 33.6 Å². The Balaban J connectivity index is 3.60. The van der Waals surface area contributed by atoms with Gasteiger partial charge in [-0.05, 0) is 31.3 Å². The van der Waals surface area contributed by atoms with Crippen molar-refractivity contribution in [3.8, 4) is 0 Å². The lowest BCUT2D eigenvalue weighted by atomic mass is 10.2. The molecule has 0 saturated carbocycles. The summed E-state index contributed by atoms with van der Waals surface area (Å²) in [6, 6.07) is 0.285. The largest absolute Gasteiger partial charge is 0.353 e. The maximum absolute atomic E-state index is 11.5. The van der Waals surface area contributed by atoms with Crippen molar-refractivity contribution in [2.24, 2.45) is 0 Å². The van der Waals surface area contributed by atoms with Crippen molar-refractivity contribution >= 4 is 33.6 Å². The minimum atomic E-state index is -0.0382.